The van der Waals surface area contributed by atoms with Gasteiger partial charge in [0, 0.05) is 12.1 Å². The highest BCUT2D eigenvalue weighted by Gasteiger charge is 2.13. The van der Waals surface area contributed by atoms with Crippen LogP contribution in [0.5, 0.6) is 0 Å². The van der Waals surface area contributed by atoms with Gasteiger partial charge in [0.25, 0.3) is 5.91 Å². The molecular weight excluding hydrogens is 370 g/mol. The Morgan fingerprint density at radius 3 is 2.17 bits per heavy atom. The first-order chi connectivity index (χ1) is 14.5. The van der Waals surface area contributed by atoms with Gasteiger partial charge in [-0.3, -0.25) is 4.79 Å². The number of amides is 1. The van der Waals surface area contributed by atoms with Gasteiger partial charge in [-0.05, 0) is 50.1 Å². The summed E-state index contributed by atoms with van der Waals surface area (Å²) in [6.45, 7) is 14.0. The number of benzene rings is 2. The molecule has 0 saturated heterocycles. The van der Waals surface area contributed by atoms with Crippen LogP contribution in [0.15, 0.2) is 61.3 Å². The Balaban J connectivity index is 0.000000522. The topological polar surface area (TPSA) is 40.5 Å². The van der Waals surface area contributed by atoms with E-state index in [1.165, 1.54) is 54.3 Å². The van der Waals surface area contributed by atoms with Crippen LogP contribution < -0.4 is 0 Å². The largest absolute Gasteiger partial charge is 0.395 e. The zero-order chi connectivity index (χ0) is 22.8. The molecule has 0 aliphatic carbocycles. The Hall–Kier alpha value is -2.39. The second-order valence-corrected chi connectivity index (χ2v) is 7.02. The highest BCUT2D eigenvalue weighted by Crippen LogP contribution is 2.11. The van der Waals surface area contributed by atoms with Gasteiger partial charge in [-0.25, -0.2) is 0 Å². The van der Waals surface area contributed by atoms with Crippen LogP contribution in [0, 0.1) is 13.8 Å². The third-order valence-electron chi connectivity index (χ3n) is 4.64. The molecule has 0 fully saturated rings. The van der Waals surface area contributed by atoms with Crippen molar-refractivity contribution in [2.45, 2.75) is 66.7 Å². The van der Waals surface area contributed by atoms with Gasteiger partial charge in [0.05, 0.1) is 6.61 Å². The number of carbonyl (C=O) groups excluding carboxylic acids is 1. The predicted octanol–water partition coefficient (Wildman–Crippen LogP) is 6.72. The molecule has 0 radical (unpaired) electrons. The van der Waals surface area contributed by atoms with Gasteiger partial charge in [0.1, 0.15) is 0 Å². The first-order valence-electron chi connectivity index (χ1n) is 11.2. The van der Waals surface area contributed by atoms with E-state index in [2.05, 4.69) is 44.7 Å². The Kier molecular flexibility index (Phi) is 16.1. The number of hydrogen-bond acceptors (Lipinski definition) is 2. The molecule has 2 aromatic carbocycles. The van der Waals surface area contributed by atoms with Crippen LogP contribution in [0.2, 0.25) is 0 Å². The van der Waals surface area contributed by atoms with Crippen LogP contribution in [0.4, 0.5) is 0 Å². The summed E-state index contributed by atoms with van der Waals surface area (Å²) in [5.41, 5.74) is 4.41. The summed E-state index contributed by atoms with van der Waals surface area (Å²) in [7, 11) is 0. The summed E-state index contributed by atoms with van der Waals surface area (Å²) in [5.74, 6) is -0.128. The van der Waals surface area contributed by atoms with E-state index in [-0.39, 0.29) is 19.1 Å². The molecule has 0 unspecified atom stereocenters. The molecule has 0 atom stereocenters. The van der Waals surface area contributed by atoms with Crippen molar-refractivity contribution in [1.82, 2.24) is 4.90 Å². The van der Waals surface area contributed by atoms with Crippen molar-refractivity contribution in [3.05, 3.63) is 83.6 Å². The normalized spacial score (nSPS) is 9.53. The molecule has 2 aromatic rings. The lowest BCUT2D eigenvalue weighted by Crippen LogP contribution is -2.28. The van der Waals surface area contributed by atoms with Crippen molar-refractivity contribution in [3.8, 4) is 0 Å². The highest BCUT2D eigenvalue weighted by atomic mass is 16.3. The van der Waals surface area contributed by atoms with Crippen molar-refractivity contribution in [3.63, 3.8) is 0 Å². The standard InChI is InChI=1S/C13H20.C12H15NO2.C2H6/c1-3-4-5-6-7-13-10-8-12(2)9-11-13;1-3-13(8-9-14)12(15)11-7-5-4-6-10(11)2;1-2/h8-11H,3-7H2,1-2H3;3-7,14H,1,8-9H2,2H3;1-2H3. The van der Waals surface area contributed by atoms with Gasteiger partial charge in [0.15, 0.2) is 0 Å². The van der Waals surface area contributed by atoms with Gasteiger partial charge >= 0.3 is 0 Å². The number of nitrogens with zero attached hydrogens (tertiary/aromatic N) is 1. The van der Waals surface area contributed by atoms with Crippen molar-refractivity contribution >= 4 is 5.91 Å². The lowest BCUT2D eigenvalue weighted by Gasteiger charge is -2.17. The summed E-state index contributed by atoms with van der Waals surface area (Å²) in [6.07, 6.45) is 8.12. The molecule has 0 aliphatic rings. The molecule has 1 N–H and O–H groups in total. The molecule has 0 spiro atoms. The fourth-order valence-electron chi connectivity index (χ4n) is 2.86. The Morgan fingerprint density at radius 1 is 1.00 bits per heavy atom. The van der Waals surface area contributed by atoms with Gasteiger partial charge in [0.2, 0.25) is 0 Å². The highest BCUT2D eigenvalue weighted by molar-refractivity contribution is 5.96. The Labute approximate surface area is 184 Å². The fraction of sp³-hybridized carbons (Fsp3) is 0.444. The van der Waals surface area contributed by atoms with Crippen LogP contribution in [0.3, 0.4) is 0 Å². The maximum Gasteiger partial charge on any atom is 0.258 e. The number of aliphatic hydroxyl groups is 1. The minimum Gasteiger partial charge on any atom is -0.395 e. The van der Waals surface area contributed by atoms with Crippen LogP contribution in [-0.2, 0) is 6.42 Å². The van der Waals surface area contributed by atoms with Gasteiger partial charge < -0.3 is 10.0 Å². The maximum absolute atomic E-state index is 11.9. The van der Waals surface area contributed by atoms with Gasteiger partial charge in [-0.2, -0.15) is 0 Å². The molecule has 30 heavy (non-hydrogen) atoms. The van der Waals surface area contributed by atoms with Gasteiger partial charge in [-0.1, -0.05) is 94.6 Å². The molecule has 0 saturated carbocycles. The Bertz CT molecular complexity index is 707. The zero-order valence-corrected chi connectivity index (χ0v) is 19.7. The van der Waals surface area contributed by atoms with E-state index in [1.807, 2.05) is 39.0 Å². The third kappa shape index (κ3) is 11.0. The number of hydrogen-bond donors (Lipinski definition) is 1. The number of aryl methyl sites for hydroxylation is 3. The molecule has 0 aromatic heterocycles. The molecule has 3 heteroatoms. The van der Waals surface area contributed by atoms with Crippen molar-refractivity contribution in [2.75, 3.05) is 13.2 Å². The molecule has 2 rings (SSSR count). The first kappa shape index (κ1) is 27.6. The predicted molar refractivity (Wildman–Crippen MR) is 130 cm³/mol. The second kappa shape index (κ2) is 17.5. The van der Waals surface area contributed by atoms with Crippen LogP contribution in [-0.4, -0.2) is 29.1 Å². The molecule has 3 nitrogen and oxygen atoms in total. The number of aliphatic hydroxyl groups excluding tert-OH is 1. The number of unbranched alkanes of at least 4 members (excludes halogenated alkanes) is 3. The van der Waals surface area contributed by atoms with E-state index >= 15 is 0 Å². The summed E-state index contributed by atoms with van der Waals surface area (Å²) < 4.78 is 0. The van der Waals surface area contributed by atoms with E-state index in [9.17, 15) is 4.79 Å². The number of rotatable bonds is 9. The molecule has 166 valence electrons. The van der Waals surface area contributed by atoms with Crippen LogP contribution in [0.1, 0.15) is 73.5 Å². The lowest BCUT2D eigenvalue weighted by molar-refractivity contribution is 0.0797. The average Bonchev–Trinajstić information content (AvgIpc) is 2.78. The van der Waals surface area contributed by atoms with E-state index in [1.54, 1.807) is 6.07 Å². The van der Waals surface area contributed by atoms with Crippen molar-refractivity contribution < 1.29 is 9.90 Å². The molecule has 0 heterocycles. The fourth-order valence-corrected chi connectivity index (χ4v) is 2.86. The third-order valence-corrected chi connectivity index (χ3v) is 4.64. The Morgan fingerprint density at radius 2 is 1.63 bits per heavy atom. The molecular formula is C27H41NO2. The first-order valence-corrected chi connectivity index (χ1v) is 11.2. The van der Waals surface area contributed by atoms with Gasteiger partial charge in [-0.15, -0.1) is 0 Å². The minimum atomic E-state index is -0.128. The van der Waals surface area contributed by atoms with E-state index in [4.69, 9.17) is 5.11 Å². The summed E-state index contributed by atoms with van der Waals surface area (Å²) in [5, 5.41) is 8.79. The molecule has 0 aliphatic heterocycles. The second-order valence-electron chi connectivity index (χ2n) is 7.02. The van der Waals surface area contributed by atoms with E-state index in [0.717, 1.165) is 5.56 Å². The summed E-state index contributed by atoms with van der Waals surface area (Å²) in [6, 6.07) is 16.3. The lowest BCUT2D eigenvalue weighted by atomic mass is 10.1. The number of carbonyl (C=O) groups is 1. The maximum atomic E-state index is 11.9. The molecule has 0 bridgehead atoms. The monoisotopic (exact) mass is 411 g/mol. The van der Waals surface area contributed by atoms with Crippen molar-refractivity contribution in [2.24, 2.45) is 0 Å². The summed E-state index contributed by atoms with van der Waals surface area (Å²) >= 11 is 0. The SMILES string of the molecule is C=CN(CCO)C(=O)c1ccccc1C.CC.CCCCCCc1ccc(C)cc1. The summed E-state index contributed by atoms with van der Waals surface area (Å²) in [4.78, 5) is 13.3. The van der Waals surface area contributed by atoms with Crippen molar-refractivity contribution in [1.29, 1.82) is 0 Å². The zero-order valence-electron chi connectivity index (χ0n) is 19.7. The van der Waals surface area contributed by atoms with Crippen LogP contribution >= 0.6 is 0 Å². The van der Waals surface area contributed by atoms with E-state index in [0.29, 0.717) is 5.56 Å². The molecule has 1 amide bonds. The quantitative estimate of drug-likeness (QED) is 0.465. The average molecular weight is 412 g/mol. The van der Waals surface area contributed by atoms with Crippen LogP contribution in [0.25, 0.3) is 0 Å². The minimum absolute atomic E-state index is 0.0658. The van der Waals surface area contributed by atoms with E-state index < -0.39 is 0 Å². The smallest absolute Gasteiger partial charge is 0.258 e.